The molecule has 1 aliphatic heterocycles. The fourth-order valence-electron chi connectivity index (χ4n) is 3.60. The Morgan fingerprint density at radius 2 is 1.79 bits per heavy atom. The lowest BCUT2D eigenvalue weighted by Gasteiger charge is -2.36. The van der Waals surface area contributed by atoms with Crippen LogP contribution < -0.4 is 10.5 Å². The Bertz CT molecular complexity index is 1210. The van der Waals surface area contributed by atoms with Crippen LogP contribution in [0.25, 0.3) is 10.8 Å². The monoisotopic (exact) mass is 407 g/mol. The fourth-order valence-corrected chi connectivity index (χ4v) is 3.83. The lowest BCUT2D eigenvalue weighted by atomic mass is 10.1. The normalized spacial score (nSPS) is 14.1. The van der Waals surface area contributed by atoms with Crippen LogP contribution in [0.15, 0.2) is 47.3 Å². The number of fused-ring (bicyclic) bond motifs is 1. The van der Waals surface area contributed by atoms with Crippen molar-refractivity contribution in [2.45, 2.75) is 0 Å². The first kappa shape index (κ1) is 19.0. The number of carbonyl (C=O) groups is 1. The Balaban J connectivity index is 1.57. The van der Waals surface area contributed by atoms with E-state index in [9.17, 15) is 9.59 Å². The van der Waals surface area contributed by atoms with Crippen molar-refractivity contribution in [3.63, 3.8) is 0 Å². The molecule has 8 heteroatoms. The van der Waals surface area contributed by atoms with Gasteiger partial charge in [-0.2, -0.15) is 10.4 Å². The topological polar surface area (TPSA) is 82.2 Å². The lowest BCUT2D eigenvalue weighted by Crippen LogP contribution is -2.49. The van der Waals surface area contributed by atoms with Crippen molar-refractivity contribution in [2.75, 3.05) is 31.1 Å². The number of halogens is 1. The number of rotatable bonds is 2. The molecule has 0 bridgehead atoms. The third-order valence-electron chi connectivity index (χ3n) is 5.10. The van der Waals surface area contributed by atoms with Crippen molar-refractivity contribution in [1.82, 2.24) is 14.7 Å². The van der Waals surface area contributed by atoms with Crippen molar-refractivity contribution in [1.29, 1.82) is 5.26 Å². The number of nitrogens with zero attached hydrogens (tertiary/aromatic N) is 5. The van der Waals surface area contributed by atoms with Crippen molar-refractivity contribution in [3.05, 3.63) is 69.1 Å². The minimum absolute atomic E-state index is 0.194. The summed E-state index contributed by atoms with van der Waals surface area (Å²) in [6.45, 7) is 2.24. The van der Waals surface area contributed by atoms with Gasteiger partial charge in [-0.3, -0.25) is 9.59 Å². The predicted octanol–water partition coefficient (Wildman–Crippen LogP) is 2.42. The zero-order chi connectivity index (χ0) is 20.5. The van der Waals surface area contributed by atoms with Gasteiger partial charge in [0.2, 0.25) is 0 Å². The molecule has 29 heavy (non-hydrogen) atoms. The van der Waals surface area contributed by atoms with E-state index in [1.807, 2.05) is 6.07 Å². The maximum atomic E-state index is 13.1. The van der Waals surface area contributed by atoms with Crippen LogP contribution in [0.1, 0.15) is 16.1 Å². The highest BCUT2D eigenvalue weighted by atomic mass is 35.5. The maximum Gasteiger partial charge on any atom is 0.275 e. The molecule has 3 aromatic rings. The predicted molar refractivity (Wildman–Crippen MR) is 111 cm³/mol. The minimum atomic E-state index is -0.226. The van der Waals surface area contributed by atoms with E-state index in [1.54, 1.807) is 48.3 Å². The summed E-state index contributed by atoms with van der Waals surface area (Å²) < 4.78 is 1.21. The molecule has 2 aromatic carbocycles. The molecule has 0 saturated carbocycles. The maximum absolute atomic E-state index is 13.1. The summed E-state index contributed by atoms with van der Waals surface area (Å²) in [6, 6.07) is 14.4. The van der Waals surface area contributed by atoms with Crippen molar-refractivity contribution in [2.24, 2.45) is 7.05 Å². The molecule has 0 atom stereocenters. The highest BCUT2D eigenvalue weighted by Gasteiger charge is 2.26. The molecule has 0 spiro atoms. The highest BCUT2D eigenvalue weighted by Crippen LogP contribution is 2.24. The molecule has 0 unspecified atom stereocenters. The Morgan fingerprint density at radius 3 is 2.48 bits per heavy atom. The molecule has 1 fully saturated rings. The standard InChI is InChI=1S/C21H18ClN5O2/c1-25-20(28)18-5-3-2-4-17(18)19(24-25)21(29)27-8-6-26(7-9-27)16-11-14(13-23)10-15(22)12-16/h2-5,10-12H,6-9H2,1H3. The Morgan fingerprint density at radius 1 is 1.10 bits per heavy atom. The molecule has 1 aliphatic rings. The molecule has 146 valence electrons. The van der Waals surface area contributed by atoms with E-state index in [0.29, 0.717) is 47.5 Å². The summed E-state index contributed by atoms with van der Waals surface area (Å²) >= 11 is 6.11. The summed E-state index contributed by atoms with van der Waals surface area (Å²) in [7, 11) is 1.55. The summed E-state index contributed by atoms with van der Waals surface area (Å²) in [5.74, 6) is -0.194. The Hall–Kier alpha value is -3.37. The number of amides is 1. The molecule has 1 saturated heterocycles. The number of benzene rings is 2. The first-order valence-electron chi connectivity index (χ1n) is 9.19. The lowest BCUT2D eigenvalue weighted by molar-refractivity contribution is 0.0740. The molecule has 7 nitrogen and oxygen atoms in total. The minimum Gasteiger partial charge on any atom is -0.368 e. The van der Waals surface area contributed by atoms with Crippen LogP contribution in [0.5, 0.6) is 0 Å². The summed E-state index contributed by atoms with van der Waals surface area (Å²) in [6.07, 6.45) is 0. The number of aryl methyl sites for hydroxylation is 1. The highest BCUT2D eigenvalue weighted by molar-refractivity contribution is 6.31. The van der Waals surface area contributed by atoms with E-state index in [-0.39, 0.29) is 17.2 Å². The van der Waals surface area contributed by atoms with Gasteiger partial charge in [0.05, 0.1) is 17.0 Å². The van der Waals surface area contributed by atoms with Crippen LogP contribution in [0.4, 0.5) is 5.69 Å². The van der Waals surface area contributed by atoms with Crippen molar-refractivity contribution < 1.29 is 4.79 Å². The number of carbonyl (C=O) groups excluding carboxylic acids is 1. The van der Waals surface area contributed by atoms with Crippen molar-refractivity contribution in [3.8, 4) is 6.07 Å². The SMILES string of the molecule is Cn1nc(C(=O)N2CCN(c3cc(Cl)cc(C#N)c3)CC2)c2ccccc2c1=O. The van der Waals surface area contributed by atoms with Crippen LogP contribution >= 0.6 is 11.6 Å². The molecular weight excluding hydrogens is 390 g/mol. The first-order valence-corrected chi connectivity index (χ1v) is 9.56. The van der Waals surface area contributed by atoms with E-state index in [2.05, 4.69) is 16.1 Å². The molecule has 4 rings (SSSR count). The second kappa shape index (κ2) is 7.57. The van der Waals surface area contributed by atoms with Gasteiger partial charge in [0.15, 0.2) is 5.69 Å². The van der Waals surface area contributed by atoms with E-state index in [4.69, 9.17) is 16.9 Å². The number of nitriles is 1. The third-order valence-corrected chi connectivity index (χ3v) is 5.32. The van der Waals surface area contributed by atoms with E-state index < -0.39 is 0 Å². The van der Waals surface area contributed by atoms with Gasteiger partial charge in [0, 0.05) is 49.3 Å². The molecule has 1 aromatic heterocycles. The molecule has 2 heterocycles. The van der Waals surface area contributed by atoms with Gasteiger partial charge in [-0.25, -0.2) is 4.68 Å². The number of hydrogen-bond donors (Lipinski definition) is 0. The average molecular weight is 408 g/mol. The van der Waals surface area contributed by atoms with E-state index >= 15 is 0 Å². The zero-order valence-corrected chi connectivity index (χ0v) is 16.6. The summed E-state index contributed by atoms with van der Waals surface area (Å²) in [5, 5.41) is 14.9. The van der Waals surface area contributed by atoms with Gasteiger partial charge in [0.25, 0.3) is 11.5 Å². The Labute approximate surface area is 172 Å². The molecule has 0 N–H and O–H groups in total. The van der Waals surface area contributed by atoms with Crippen LogP contribution in [-0.2, 0) is 7.05 Å². The molecular formula is C21H18ClN5O2. The van der Waals surface area contributed by atoms with Gasteiger partial charge < -0.3 is 9.80 Å². The van der Waals surface area contributed by atoms with Crippen molar-refractivity contribution >= 4 is 34.0 Å². The number of aromatic nitrogens is 2. The largest absolute Gasteiger partial charge is 0.368 e. The van der Waals surface area contributed by atoms with Crippen LogP contribution in [-0.4, -0.2) is 46.8 Å². The Kier molecular flexibility index (Phi) is 4.95. The quantitative estimate of drug-likeness (QED) is 0.651. The number of piperazine rings is 1. The first-order chi connectivity index (χ1) is 14.0. The fraction of sp³-hybridized carbons (Fsp3) is 0.238. The third kappa shape index (κ3) is 3.55. The number of hydrogen-bond acceptors (Lipinski definition) is 5. The average Bonchev–Trinajstić information content (AvgIpc) is 2.75. The molecule has 0 aliphatic carbocycles. The van der Waals surface area contributed by atoms with Gasteiger partial charge in [-0.05, 0) is 24.3 Å². The molecule has 1 amide bonds. The van der Waals surface area contributed by atoms with Gasteiger partial charge in [-0.1, -0.05) is 29.8 Å². The van der Waals surface area contributed by atoms with Crippen LogP contribution in [0.3, 0.4) is 0 Å². The van der Waals surface area contributed by atoms with E-state index in [1.165, 1.54) is 4.68 Å². The zero-order valence-electron chi connectivity index (χ0n) is 15.8. The van der Waals surface area contributed by atoms with Gasteiger partial charge >= 0.3 is 0 Å². The molecule has 0 radical (unpaired) electrons. The summed E-state index contributed by atoms with van der Waals surface area (Å²) in [4.78, 5) is 29.3. The summed E-state index contributed by atoms with van der Waals surface area (Å²) in [5.41, 5.74) is 1.43. The van der Waals surface area contributed by atoms with Crippen LogP contribution in [0.2, 0.25) is 5.02 Å². The van der Waals surface area contributed by atoms with Gasteiger partial charge in [-0.15, -0.1) is 0 Å². The van der Waals surface area contributed by atoms with Gasteiger partial charge in [0.1, 0.15) is 0 Å². The second-order valence-electron chi connectivity index (χ2n) is 6.91. The van der Waals surface area contributed by atoms with E-state index in [0.717, 1.165) is 5.69 Å². The second-order valence-corrected chi connectivity index (χ2v) is 7.35. The van der Waals surface area contributed by atoms with Crippen LogP contribution in [0, 0.1) is 11.3 Å². The number of anilines is 1. The smallest absolute Gasteiger partial charge is 0.275 e.